The number of carbonyl (C=O) groups excluding carboxylic acids is 2. The van der Waals surface area contributed by atoms with Crippen LogP contribution in [0.1, 0.15) is 65.5 Å². The van der Waals surface area contributed by atoms with E-state index in [9.17, 15) is 9.59 Å². The summed E-state index contributed by atoms with van der Waals surface area (Å²) in [5.74, 6) is -0.517. The molecule has 1 saturated carbocycles. The first kappa shape index (κ1) is 19.3. The highest BCUT2D eigenvalue weighted by molar-refractivity contribution is 5.97. The lowest BCUT2D eigenvalue weighted by Gasteiger charge is -2.26. The third-order valence-corrected chi connectivity index (χ3v) is 6.01. The molecule has 0 aliphatic heterocycles. The van der Waals surface area contributed by atoms with E-state index in [2.05, 4.69) is 20.4 Å². The lowest BCUT2D eigenvalue weighted by Crippen LogP contribution is -2.42. The zero-order valence-corrected chi connectivity index (χ0v) is 17.0. The van der Waals surface area contributed by atoms with Crippen LogP contribution in [0.5, 0.6) is 0 Å². The predicted molar refractivity (Wildman–Crippen MR) is 114 cm³/mol. The first-order valence-corrected chi connectivity index (χ1v) is 10.4. The van der Waals surface area contributed by atoms with Crippen LogP contribution in [0.4, 0.5) is 0 Å². The Balaban J connectivity index is 1.40. The number of carbonyl (C=O) groups is 2. The molecule has 1 aliphatic rings. The van der Waals surface area contributed by atoms with Gasteiger partial charge in [-0.3, -0.25) is 20.4 Å². The van der Waals surface area contributed by atoms with E-state index < -0.39 is 0 Å². The quantitative estimate of drug-likeness (QED) is 0.585. The van der Waals surface area contributed by atoms with Gasteiger partial charge in [0.15, 0.2) is 0 Å². The molecule has 0 atom stereocenters. The summed E-state index contributed by atoms with van der Waals surface area (Å²) in [7, 11) is 0. The summed E-state index contributed by atoms with van der Waals surface area (Å²) < 4.78 is 2.29. The van der Waals surface area contributed by atoms with Gasteiger partial charge in [-0.15, -0.1) is 0 Å². The van der Waals surface area contributed by atoms with Crippen molar-refractivity contribution in [3.05, 3.63) is 59.0 Å². The number of aromatic amines is 1. The summed E-state index contributed by atoms with van der Waals surface area (Å²) in [5.41, 5.74) is 9.74. The Hall–Kier alpha value is -3.02. The van der Waals surface area contributed by atoms with Gasteiger partial charge in [-0.25, -0.2) is 0 Å². The molecule has 0 spiro atoms. The Kier molecular flexibility index (Phi) is 5.43. The molecule has 0 bridgehead atoms. The van der Waals surface area contributed by atoms with Gasteiger partial charge in [0.1, 0.15) is 0 Å². The van der Waals surface area contributed by atoms with Gasteiger partial charge in [0.05, 0.1) is 12.0 Å². The average molecular weight is 393 g/mol. The SMILES string of the molecule is Cc1cc(C(=O)NNC(=O)Cc2c[nH]c3ccccc23)c(C)n1C1CCCCC1. The van der Waals surface area contributed by atoms with E-state index in [0.29, 0.717) is 11.6 Å². The number of para-hydroxylation sites is 1. The van der Waals surface area contributed by atoms with Crippen molar-refractivity contribution >= 4 is 22.7 Å². The molecule has 2 amide bonds. The zero-order chi connectivity index (χ0) is 20.4. The maximum atomic E-state index is 12.7. The Labute approximate surface area is 170 Å². The summed E-state index contributed by atoms with van der Waals surface area (Å²) in [4.78, 5) is 28.2. The van der Waals surface area contributed by atoms with Gasteiger partial charge >= 0.3 is 0 Å². The zero-order valence-electron chi connectivity index (χ0n) is 17.0. The topological polar surface area (TPSA) is 78.9 Å². The monoisotopic (exact) mass is 392 g/mol. The van der Waals surface area contributed by atoms with Crippen molar-refractivity contribution in [1.82, 2.24) is 20.4 Å². The molecule has 0 radical (unpaired) electrons. The van der Waals surface area contributed by atoms with E-state index in [1.807, 2.05) is 50.4 Å². The minimum absolute atomic E-state index is 0.200. The highest BCUT2D eigenvalue weighted by Crippen LogP contribution is 2.32. The second-order valence-electron chi connectivity index (χ2n) is 7.99. The second kappa shape index (κ2) is 8.15. The average Bonchev–Trinajstić information content (AvgIpc) is 3.27. The smallest absolute Gasteiger partial charge is 0.271 e. The molecule has 3 aromatic rings. The Bertz CT molecular complexity index is 1040. The normalized spacial score (nSPS) is 14.8. The van der Waals surface area contributed by atoms with Crippen molar-refractivity contribution in [3.63, 3.8) is 0 Å². The highest BCUT2D eigenvalue weighted by Gasteiger charge is 2.22. The van der Waals surface area contributed by atoms with Crippen LogP contribution >= 0.6 is 0 Å². The molecule has 1 aliphatic carbocycles. The molecule has 2 heterocycles. The highest BCUT2D eigenvalue weighted by atomic mass is 16.2. The molecule has 3 N–H and O–H groups in total. The summed E-state index contributed by atoms with van der Waals surface area (Å²) in [6.45, 7) is 4.04. The maximum absolute atomic E-state index is 12.7. The summed E-state index contributed by atoms with van der Waals surface area (Å²) >= 11 is 0. The molecule has 29 heavy (non-hydrogen) atoms. The Morgan fingerprint density at radius 3 is 2.66 bits per heavy atom. The van der Waals surface area contributed by atoms with Crippen molar-refractivity contribution in [2.45, 2.75) is 58.4 Å². The second-order valence-corrected chi connectivity index (χ2v) is 7.99. The van der Waals surface area contributed by atoms with E-state index in [1.165, 1.54) is 32.1 Å². The number of aromatic nitrogens is 2. The van der Waals surface area contributed by atoms with Crippen molar-refractivity contribution < 1.29 is 9.59 Å². The fourth-order valence-electron chi connectivity index (χ4n) is 4.60. The van der Waals surface area contributed by atoms with Gasteiger partial charge in [-0.2, -0.15) is 0 Å². The van der Waals surface area contributed by atoms with E-state index in [1.54, 1.807) is 0 Å². The third kappa shape index (κ3) is 3.92. The molecule has 0 saturated heterocycles. The molecule has 152 valence electrons. The van der Waals surface area contributed by atoms with Crippen LogP contribution in [0.15, 0.2) is 36.5 Å². The third-order valence-electron chi connectivity index (χ3n) is 6.01. The maximum Gasteiger partial charge on any atom is 0.271 e. The summed E-state index contributed by atoms with van der Waals surface area (Å²) in [5, 5.41) is 1.02. The van der Waals surface area contributed by atoms with Crippen LogP contribution < -0.4 is 10.9 Å². The number of rotatable bonds is 4. The number of benzene rings is 1. The largest absolute Gasteiger partial charge is 0.361 e. The van der Waals surface area contributed by atoms with Crippen LogP contribution in [-0.2, 0) is 11.2 Å². The standard InChI is InChI=1S/C23H28N4O2/c1-15-12-20(16(2)27(15)18-8-4-3-5-9-18)23(29)26-25-22(28)13-17-14-24-21-11-7-6-10-19(17)21/h6-7,10-12,14,18,24H,3-5,8-9,13H2,1-2H3,(H,25,28)(H,26,29). The number of hydrogen-bond acceptors (Lipinski definition) is 2. The lowest BCUT2D eigenvalue weighted by molar-refractivity contribution is -0.121. The number of aryl methyl sites for hydroxylation is 1. The van der Waals surface area contributed by atoms with Crippen LogP contribution in [0.2, 0.25) is 0 Å². The van der Waals surface area contributed by atoms with Crippen molar-refractivity contribution in [2.24, 2.45) is 0 Å². The molecular weight excluding hydrogens is 364 g/mol. The fraction of sp³-hybridized carbons (Fsp3) is 0.391. The lowest BCUT2D eigenvalue weighted by atomic mass is 9.95. The van der Waals surface area contributed by atoms with E-state index in [4.69, 9.17) is 0 Å². The first-order valence-electron chi connectivity index (χ1n) is 10.4. The van der Waals surface area contributed by atoms with Crippen molar-refractivity contribution in [1.29, 1.82) is 0 Å². The van der Waals surface area contributed by atoms with Gasteiger partial charge < -0.3 is 9.55 Å². The molecule has 4 rings (SSSR count). The van der Waals surface area contributed by atoms with Crippen LogP contribution in [0.3, 0.4) is 0 Å². The van der Waals surface area contributed by atoms with E-state index in [0.717, 1.165) is 27.9 Å². The molecule has 1 aromatic carbocycles. The number of nitrogens with zero attached hydrogens (tertiary/aromatic N) is 1. The van der Waals surface area contributed by atoms with Gasteiger partial charge in [0.2, 0.25) is 5.91 Å². The van der Waals surface area contributed by atoms with Crippen molar-refractivity contribution in [3.8, 4) is 0 Å². The molecular formula is C23H28N4O2. The Morgan fingerprint density at radius 2 is 1.86 bits per heavy atom. The van der Waals surface area contributed by atoms with Crippen LogP contribution in [-0.4, -0.2) is 21.4 Å². The van der Waals surface area contributed by atoms with Crippen molar-refractivity contribution in [2.75, 3.05) is 0 Å². The first-order chi connectivity index (χ1) is 14.0. The fourth-order valence-corrected chi connectivity index (χ4v) is 4.60. The number of H-pyrrole nitrogens is 1. The number of fused-ring (bicyclic) bond motifs is 1. The van der Waals surface area contributed by atoms with Gasteiger partial charge in [-0.1, -0.05) is 37.5 Å². The molecule has 0 unspecified atom stereocenters. The minimum Gasteiger partial charge on any atom is -0.361 e. The molecule has 6 nitrogen and oxygen atoms in total. The summed E-state index contributed by atoms with van der Waals surface area (Å²) in [6, 6.07) is 10.2. The number of amides is 2. The number of hydrazine groups is 1. The number of nitrogens with one attached hydrogen (secondary N) is 3. The summed E-state index contributed by atoms with van der Waals surface area (Å²) in [6.07, 6.45) is 8.15. The molecule has 6 heteroatoms. The Morgan fingerprint density at radius 1 is 1.10 bits per heavy atom. The van der Waals surface area contributed by atoms with Crippen LogP contribution in [0, 0.1) is 13.8 Å². The minimum atomic E-state index is -0.271. The van der Waals surface area contributed by atoms with Gasteiger partial charge in [0, 0.05) is 34.5 Å². The van der Waals surface area contributed by atoms with E-state index >= 15 is 0 Å². The van der Waals surface area contributed by atoms with Gasteiger partial charge in [0.25, 0.3) is 5.91 Å². The molecule has 2 aromatic heterocycles. The number of hydrogen-bond donors (Lipinski definition) is 3. The van der Waals surface area contributed by atoms with E-state index in [-0.39, 0.29) is 18.2 Å². The predicted octanol–water partition coefficient (Wildman–Crippen LogP) is 4.10. The van der Waals surface area contributed by atoms with Crippen LogP contribution in [0.25, 0.3) is 10.9 Å². The van der Waals surface area contributed by atoms with Gasteiger partial charge in [-0.05, 0) is 44.4 Å². The molecule has 1 fully saturated rings.